The molecule has 0 radical (unpaired) electrons. The molecule has 3 amide bonds. The second kappa shape index (κ2) is 8.71. The molecule has 2 aromatic rings. The van der Waals surface area contributed by atoms with Crippen molar-refractivity contribution in [1.29, 1.82) is 0 Å². The van der Waals surface area contributed by atoms with Crippen molar-refractivity contribution in [3.63, 3.8) is 0 Å². The summed E-state index contributed by atoms with van der Waals surface area (Å²) in [6.07, 6.45) is 2.39. The molecule has 1 aromatic heterocycles. The first-order valence-electron chi connectivity index (χ1n) is 10.2. The van der Waals surface area contributed by atoms with Crippen LogP contribution in [0.2, 0.25) is 0 Å². The van der Waals surface area contributed by atoms with Crippen LogP contribution in [0, 0.1) is 6.92 Å². The fraction of sp³-hybridized carbons (Fsp3) is 0.409. The Morgan fingerprint density at radius 2 is 1.90 bits per heavy atom. The Hall–Kier alpha value is -3.13. The summed E-state index contributed by atoms with van der Waals surface area (Å²) in [5.41, 5.74) is 1.12. The van der Waals surface area contributed by atoms with Crippen LogP contribution in [0.4, 0.5) is 0 Å². The maximum absolute atomic E-state index is 13.0. The Kier molecular flexibility index (Phi) is 5.85. The van der Waals surface area contributed by atoms with Crippen LogP contribution in [0.25, 0.3) is 0 Å². The summed E-state index contributed by atoms with van der Waals surface area (Å²) in [7, 11) is 0. The summed E-state index contributed by atoms with van der Waals surface area (Å²) in [5, 5.41) is 5.50. The molecule has 2 bridgehead atoms. The Labute approximate surface area is 175 Å². The van der Waals surface area contributed by atoms with E-state index in [2.05, 4.69) is 15.5 Å². The largest absolute Gasteiger partial charge is 0.469 e. The minimum atomic E-state index is -0.337. The second-order valence-electron chi connectivity index (χ2n) is 7.79. The number of aryl methyl sites for hydroxylation is 1. The number of rotatable bonds is 6. The van der Waals surface area contributed by atoms with Gasteiger partial charge < -0.3 is 20.0 Å². The molecule has 3 heterocycles. The zero-order chi connectivity index (χ0) is 21.1. The molecule has 1 unspecified atom stereocenters. The van der Waals surface area contributed by atoms with Gasteiger partial charge in [0.05, 0.1) is 18.4 Å². The molecule has 158 valence electrons. The molecule has 1 aromatic carbocycles. The van der Waals surface area contributed by atoms with Crippen LogP contribution in [0.5, 0.6) is 0 Å². The summed E-state index contributed by atoms with van der Waals surface area (Å²) in [5.74, 6) is -0.0362. The zero-order valence-electron chi connectivity index (χ0n) is 17.0. The third-order valence-corrected chi connectivity index (χ3v) is 5.89. The molecule has 0 saturated carbocycles. The Morgan fingerprint density at radius 3 is 2.63 bits per heavy atom. The smallest absolute Gasteiger partial charge is 0.255 e. The SMILES string of the molecule is Cc1occc1C(=O)NCC(=O)NC[C@H]1CN(C(=O)c2ccccc2)[C@H]2CCN1C2. The minimum absolute atomic E-state index is 0.0428. The molecule has 4 rings (SSSR count). The highest BCUT2D eigenvalue weighted by Gasteiger charge is 2.40. The van der Waals surface area contributed by atoms with Gasteiger partial charge in [-0.05, 0) is 31.5 Å². The van der Waals surface area contributed by atoms with E-state index >= 15 is 0 Å². The average Bonchev–Trinajstić information content (AvgIpc) is 3.38. The number of nitrogens with one attached hydrogen (secondary N) is 2. The van der Waals surface area contributed by atoms with Crippen molar-refractivity contribution >= 4 is 17.7 Å². The topological polar surface area (TPSA) is 94.9 Å². The minimum Gasteiger partial charge on any atom is -0.469 e. The molecule has 8 nitrogen and oxygen atoms in total. The first-order chi connectivity index (χ1) is 14.5. The van der Waals surface area contributed by atoms with Gasteiger partial charge in [0.25, 0.3) is 11.8 Å². The molecule has 0 spiro atoms. The number of benzene rings is 1. The molecule has 8 heteroatoms. The Balaban J connectivity index is 1.30. The lowest BCUT2D eigenvalue weighted by molar-refractivity contribution is -0.120. The third-order valence-electron chi connectivity index (χ3n) is 5.89. The number of amides is 3. The number of nitrogens with zero attached hydrogens (tertiary/aromatic N) is 2. The monoisotopic (exact) mass is 410 g/mol. The van der Waals surface area contributed by atoms with E-state index in [1.165, 1.54) is 6.26 Å². The summed E-state index contributed by atoms with van der Waals surface area (Å²) >= 11 is 0. The molecular weight excluding hydrogens is 384 g/mol. The van der Waals surface area contributed by atoms with Crippen LogP contribution in [-0.4, -0.2) is 72.3 Å². The molecule has 0 aliphatic carbocycles. The predicted molar refractivity (Wildman–Crippen MR) is 110 cm³/mol. The summed E-state index contributed by atoms with van der Waals surface area (Å²) in [6, 6.07) is 11.2. The van der Waals surface area contributed by atoms with Crippen molar-refractivity contribution in [3.05, 3.63) is 59.5 Å². The fourth-order valence-corrected chi connectivity index (χ4v) is 4.21. The van der Waals surface area contributed by atoms with E-state index in [0.717, 1.165) is 19.5 Å². The van der Waals surface area contributed by atoms with Crippen molar-refractivity contribution < 1.29 is 18.8 Å². The van der Waals surface area contributed by atoms with E-state index in [4.69, 9.17) is 4.42 Å². The molecule has 3 atom stereocenters. The number of hydrogen-bond acceptors (Lipinski definition) is 5. The van der Waals surface area contributed by atoms with Gasteiger partial charge in [0.1, 0.15) is 5.76 Å². The van der Waals surface area contributed by atoms with E-state index in [9.17, 15) is 14.4 Å². The Morgan fingerprint density at radius 1 is 1.10 bits per heavy atom. The standard InChI is InChI=1S/C22H26N4O4/c1-15-19(8-10-30-15)21(28)24-12-20(27)23-11-18-14-26(17-7-9-25(18)13-17)22(29)16-5-3-2-4-6-16/h2-6,8,10,17-18H,7,9,11-14H2,1H3,(H,23,27)(H,24,28)/t17-,18-/m0/s1. The van der Waals surface area contributed by atoms with Gasteiger partial charge in [0, 0.05) is 43.8 Å². The van der Waals surface area contributed by atoms with Gasteiger partial charge in [0.2, 0.25) is 5.91 Å². The summed E-state index contributed by atoms with van der Waals surface area (Å²) < 4.78 is 5.11. The second-order valence-corrected chi connectivity index (χ2v) is 7.79. The maximum Gasteiger partial charge on any atom is 0.255 e. The maximum atomic E-state index is 13.0. The Bertz CT molecular complexity index is 926. The number of fused-ring (bicyclic) bond motifs is 2. The van der Waals surface area contributed by atoms with Crippen LogP contribution in [0.15, 0.2) is 47.1 Å². The average molecular weight is 410 g/mol. The van der Waals surface area contributed by atoms with E-state index in [0.29, 0.717) is 30.0 Å². The quantitative estimate of drug-likeness (QED) is 0.742. The molecule has 2 aliphatic rings. The van der Waals surface area contributed by atoms with Crippen molar-refractivity contribution in [2.75, 3.05) is 32.7 Å². The van der Waals surface area contributed by atoms with Gasteiger partial charge in [-0.1, -0.05) is 18.2 Å². The van der Waals surface area contributed by atoms with E-state index < -0.39 is 0 Å². The lowest BCUT2D eigenvalue weighted by Gasteiger charge is -2.40. The highest BCUT2D eigenvalue weighted by Crippen LogP contribution is 2.26. The van der Waals surface area contributed by atoms with Crippen molar-refractivity contribution in [2.24, 2.45) is 0 Å². The summed E-state index contributed by atoms with van der Waals surface area (Å²) in [6.45, 7) is 4.36. The lowest BCUT2D eigenvalue weighted by Crippen LogP contribution is -2.58. The van der Waals surface area contributed by atoms with Gasteiger partial charge >= 0.3 is 0 Å². The number of hydrogen-bond donors (Lipinski definition) is 2. The van der Waals surface area contributed by atoms with Crippen LogP contribution >= 0.6 is 0 Å². The molecule has 2 saturated heterocycles. The molecule has 2 aliphatic heterocycles. The zero-order valence-corrected chi connectivity index (χ0v) is 17.0. The van der Waals surface area contributed by atoms with E-state index in [1.807, 2.05) is 35.2 Å². The van der Waals surface area contributed by atoms with Crippen LogP contribution in [0.3, 0.4) is 0 Å². The van der Waals surface area contributed by atoms with Gasteiger partial charge in [-0.15, -0.1) is 0 Å². The third kappa shape index (κ3) is 4.23. The number of carbonyl (C=O) groups is 3. The summed E-state index contributed by atoms with van der Waals surface area (Å²) in [4.78, 5) is 41.6. The van der Waals surface area contributed by atoms with Gasteiger partial charge in [-0.3, -0.25) is 19.3 Å². The van der Waals surface area contributed by atoms with Gasteiger partial charge in [-0.25, -0.2) is 0 Å². The lowest BCUT2D eigenvalue weighted by atomic mass is 10.1. The van der Waals surface area contributed by atoms with Gasteiger partial charge in [0.15, 0.2) is 0 Å². The molecule has 2 fully saturated rings. The van der Waals surface area contributed by atoms with Crippen molar-refractivity contribution in [1.82, 2.24) is 20.4 Å². The van der Waals surface area contributed by atoms with E-state index in [-0.39, 0.29) is 36.3 Å². The van der Waals surface area contributed by atoms with Gasteiger partial charge in [-0.2, -0.15) is 0 Å². The normalized spacial score (nSPS) is 22.6. The number of furan rings is 1. The highest BCUT2D eigenvalue weighted by molar-refractivity contribution is 5.97. The number of carbonyl (C=O) groups excluding carboxylic acids is 3. The van der Waals surface area contributed by atoms with Crippen molar-refractivity contribution in [3.8, 4) is 0 Å². The molecular formula is C22H26N4O4. The van der Waals surface area contributed by atoms with E-state index in [1.54, 1.807) is 13.0 Å². The molecule has 30 heavy (non-hydrogen) atoms. The first kappa shape index (κ1) is 20.2. The van der Waals surface area contributed by atoms with Crippen molar-refractivity contribution in [2.45, 2.75) is 25.4 Å². The van der Waals surface area contributed by atoms with Crippen LogP contribution in [-0.2, 0) is 4.79 Å². The predicted octanol–water partition coefficient (Wildman–Crippen LogP) is 1.03. The molecule has 2 N–H and O–H groups in total. The number of piperazine rings is 1. The first-order valence-corrected chi connectivity index (χ1v) is 10.2. The highest BCUT2D eigenvalue weighted by atomic mass is 16.3. The van der Waals surface area contributed by atoms with Crippen LogP contribution < -0.4 is 10.6 Å². The van der Waals surface area contributed by atoms with Crippen LogP contribution in [0.1, 0.15) is 32.9 Å². The fourth-order valence-electron chi connectivity index (χ4n) is 4.21.